The minimum atomic E-state index is -4.42. The molecule has 47 heteroatoms. The first-order valence-corrected chi connectivity index (χ1v) is 44.2. The zero-order valence-electron chi connectivity index (χ0n) is 76.1. The largest absolute Gasteiger partial charge is 0.416 e. The molecule has 12 aromatic rings. The van der Waals surface area contributed by atoms with Gasteiger partial charge in [-0.25, -0.2) is 74.2 Å². The molecule has 11 heterocycles. The van der Waals surface area contributed by atoms with Gasteiger partial charge >= 0.3 is 24.7 Å². The Morgan fingerprint density at radius 1 is 0.326 bits per heavy atom. The van der Waals surface area contributed by atoms with Crippen LogP contribution in [0.2, 0.25) is 0 Å². The fourth-order valence-electron chi connectivity index (χ4n) is 14.2. The van der Waals surface area contributed by atoms with Gasteiger partial charge in [-0.05, 0) is 159 Å². The van der Waals surface area contributed by atoms with E-state index in [0.29, 0.717) is 198 Å². The van der Waals surface area contributed by atoms with Crippen LogP contribution in [-0.4, -0.2) is 185 Å². The van der Waals surface area contributed by atoms with E-state index in [1.807, 2.05) is 32.9 Å². The Morgan fingerprint density at radius 2 is 0.624 bits per heavy atom. The molecule has 16 rings (SSSR count). The van der Waals surface area contributed by atoms with E-state index in [9.17, 15) is 70.2 Å². The van der Waals surface area contributed by atoms with Gasteiger partial charge in [-0.15, -0.1) is 0 Å². The van der Waals surface area contributed by atoms with Gasteiger partial charge in [0.05, 0.1) is 176 Å². The number of nitrogens with zero attached hydrogens (tertiary/aromatic N) is 19. The smallest absolute Gasteiger partial charge is 0.378 e. The number of aromatic nitrogens is 11. The number of nitrogens with one attached hydrogen (secondary N) is 8. The van der Waals surface area contributed by atoms with Gasteiger partial charge in [-0.2, -0.15) is 93.0 Å². The number of morpholine rings is 4. The quantitative estimate of drug-likeness (QED) is 0.0123. The van der Waals surface area contributed by atoms with Crippen molar-refractivity contribution in [2.45, 2.75) is 84.5 Å². The number of ether oxygens (including phenoxy) is 4. The summed E-state index contributed by atoms with van der Waals surface area (Å²) >= 11 is 0. The van der Waals surface area contributed by atoms with Gasteiger partial charge in [0.25, 0.3) is 0 Å². The van der Waals surface area contributed by atoms with Crippen LogP contribution in [-0.2, 0) is 62.9 Å². The molecule has 4 aliphatic heterocycles. The molecule has 141 heavy (non-hydrogen) atoms. The molecule has 5 aromatic carbocycles. The van der Waals surface area contributed by atoms with Gasteiger partial charge in [-0.1, -0.05) is 63.9 Å². The van der Waals surface area contributed by atoms with E-state index >= 15 is 0 Å². The second-order valence-electron chi connectivity index (χ2n) is 31.2. The summed E-state index contributed by atoms with van der Waals surface area (Å²) in [5.41, 5.74) is 16.8. The van der Waals surface area contributed by atoms with E-state index in [0.717, 1.165) is 104 Å². The maximum atomic E-state index is 14.2. The van der Waals surface area contributed by atoms with E-state index in [1.165, 1.54) is 42.9 Å². The van der Waals surface area contributed by atoms with Crippen LogP contribution in [0.1, 0.15) is 101 Å². The highest BCUT2D eigenvalue weighted by Gasteiger charge is 2.35. The maximum absolute atomic E-state index is 14.2. The average molecular weight is 1970 g/mol. The topological polar surface area (TPSA) is 337 Å². The third-order valence-corrected chi connectivity index (χ3v) is 21.1. The van der Waals surface area contributed by atoms with Crippen LogP contribution in [0.25, 0.3) is 0 Å². The van der Waals surface area contributed by atoms with Crippen molar-refractivity contribution < 1.29 is 89.2 Å². The minimum Gasteiger partial charge on any atom is -0.378 e. The number of hydrogen-bond donors (Lipinski definition) is 8. The first-order chi connectivity index (χ1) is 67.8. The van der Waals surface area contributed by atoms with Crippen LogP contribution in [0.5, 0.6) is 0 Å². The van der Waals surface area contributed by atoms with Gasteiger partial charge < -0.3 is 59.8 Å². The molecular formula is C94H95F16N27O4. The molecule has 4 aliphatic rings. The number of benzene rings is 5. The fourth-order valence-corrected chi connectivity index (χ4v) is 14.2. The van der Waals surface area contributed by atoms with E-state index < -0.39 is 70.2 Å². The maximum Gasteiger partial charge on any atom is 0.416 e. The predicted octanol–water partition coefficient (Wildman–Crippen LogP) is 19.6. The third-order valence-electron chi connectivity index (χ3n) is 21.1. The normalized spacial score (nSPS) is 14.4. The summed E-state index contributed by atoms with van der Waals surface area (Å²) in [6, 6.07) is 35.6. The Bertz CT molecular complexity index is 6300. The highest BCUT2D eigenvalue weighted by atomic mass is 19.4. The summed E-state index contributed by atoms with van der Waals surface area (Å²) in [6.45, 7) is 15.8. The molecule has 4 saturated heterocycles. The third kappa shape index (κ3) is 30.4. The van der Waals surface area contributed by atoms with Crippen molar-refractivity contribution in [3.63, 3.8) is 0 Å². The Balaban J connectivity index is 0.000000158. The highest BCUT2D eigenvalue weighted by Crippen LogP contribution is 2.38. The van der Waals surface area contributed by atoms with Crippen molar-refractivity contribution in [3.05, 3.63) is 267 Å². The first kappa shape index (κ1) is 103. The molecule has 742 valence electrons. The average Bonchev–Trinajstić information content (AvgIpc) is 0.841. The summed E-state index contributed by atoms with van der Waals surface area (Å²) in [7, 11) is 0. The van der Waals surface area contributed by atoms with Crippen LogP contribution in [0.15, 0.2) is 197 Å². The summed E-state index contributed by atoms with van der Waals surface area (Å²) in [5.74, 6) is -0.825. The van der Waals surface area contributed by atoms with Crippen molar-refractivity contribution in [2.75, 3.05) is 168 Å². The standard InChI is InChI=1S/C25H26F4N6O.C24H25F4N7O.C23H23F4N7O.C22H21F4N7O/c1-2-4-17-13-21(32-20-6-3-5-19(14-20)25(27,28)29)8-7-18(17)15-31-34-24-30-16-22(26)23(33-24)35-9-11-36-12-10-35;1-2-4-20-21(31-17-6-3-5-16(13-17)24(26,27)28)8-7-18(32-20)14-30-34-23-29-15-19(25)22(33-23)35-9-11-36-12-10-35;1-2-19-20(30-16-5-3-4-15(12-16)23(25,26)27)7-6-17(31-19)13-29-33-22-28-14-18(24)21(32-22)34-8-10-35-11-9-34;1-14-19(30-16-4-2-3-15(11-16)22(24,25)26)6-5-17(29-14)12-28-32-21-27-13-18(23)20(31-21)33-7-9-34-10-8-33/h3,5-8,13-16,32H,2,4,9-12H2,1H3,(H,30,33,34);3,5-8,13-15,31H,2,4,9-12H2,1H3,(H,29,33,34);3-7,12-14,30H,2,8-11H2,1H3,(H,28,32,33);2-6,11-13,30H,7-10H2,1H3,(H,27,31,32)/b31-15+;30-14+;29-13+;28-12+. The Labute approximate surface area is 798 Å². The Hall–Kier alpha value is -15.1. The number of aryl methyl sites for hydroxylation is 4. The van der Waals surface area contributed by atoms with Crippen LogP contribution in [0.4, 0.5) is 163 Å². The van der Waals surface area contributed by atoms with Gasteiger partial charge in [0.15, 0.2) is 46.5 Å². The molecule has 0 atom stereocenters. The van der Waals surface area contributed by atoms with Crippen molar-refractivity contribution in [3.8, 4) is 0 Å². The summed E-state index contributed by atoms with van der Waals surface area (Å²) in [4.78, 5) is 53.1. The molecule has 0 aliphatic carbocycles. The lowest BCUT2D eigenvalue weighted by molar-refractivity contribution is -0.138. The molecule has 7 aromatic heterocycles. The lowest BCUT2D eigenvalue weighted by atomic mass is 10.0. The van der Waals surface area contributed by atoms with Gasteiger partial charge in [-0.3, -0.25) is 0 Å². The molecule has 0 spiro atoms. The second kappa shape index (κ2) is 48.9. The molecule has 0 radical (unpaired) electrons. The SMILES string of the molecule is CCCc1cc(Nc2cccc(C(F)(F)F)c2)ccc1/C=N/Nc1ncc(F)c(N2CCOCC2)n1.CCCc1nc(/C=N/Nc2ncc(F)c(N3CCOCC3)n2)ccc1Nc1cccc(C(F)(F)F)c1.CCc1nc(/C=N/Nc2ncc(F)c(N3CCOCC3)n2)ccc1Nc1cccc(C(F)(F)F)c1.Cc1nc(/C=N/Nc2ncc(F)c(N3CCOCC3)n2)ccc1Nc1cccc(C(F)(F)F)c1. The predicted molar refractivity (Wildman–Crippen MR) is 505 cm³/mol. The van der Waals surface area contributed by atoms with Gasteiger partial charge in [0, 0.05) is 80.8 Å². The molecule has 0 bridgehead atoms. The zero-order valence-corrected chi connectivity index (χ0v) is 76.1. The zero-order chi connectivity index (χ0) is 100. The van der Waals surface area contributed by atoms with E-state index in [1.54, 1.807) is 99.5 Å². The second-order valence-corrected chi connectivity index (χ2v) is 31.2. The summed E-state index contributed by atoms with van der Waals surface area (Å²) in [5, 5.41) is 28.5. The molecule has 0 unspecified atom stereocenters. The lowest BCUT2D eigenvalue weighted by Crippen LogP contribution is -2.37. The number of hydrogen-bond acceptors (Lipinski definition) is 31. The van der Waals surface area contributed by atoms with Crippen LogP contribution < -0.4 is 62.6 Å². The number of pyridine rings is 3. The van der Waals surface area contributed by atoms with Crippen molar-refractivity contribution in [1.82, 2.24) is 54.8 Å². The van der Waals surface area contributed by atoms with Gasteiger partial charge in [0.1, 0.15) is 0 Å². The number of alkyl halides is 12. The van der Waals surface area contributed by atoms with E-state index in [-0.39, 0.29) is 47.1 Å². The molecule has 0 saturated carbocycles. The van der Waals surface area contributed by atoms with Crippen LogP contribution >= 0.6 is 0 Å². The molecule has 4 fully saturated rings. The fraction of sp³-hybridized carbons (Fsp3) is 0.309. The first-order valence-electron chi connectivity index (χ1n) is 44.2. The summed E-state index contributed by atoms with van der Waals surface area (Å²) in [6.07, 6.45) is -3.81. The molecular weight excluding hydrogens is 1880 g/mol. The number of hydrazone groups is 4. The van der Waals surface area contributed by atoms with Crippen LogP contribution in [0.3, 0.4) is 0 Å². The van der Waals surface area contributed by atoms with Crippen LogP contribution in [0, 0.1) is 30.2 Å². The Morgan fingerprint density at radius 3 is 0.950 bits per heavy atom. The van der Waals surface area contributed by atoms with Crippen molar-refractivity contribution in [2.24, 2.45) is 20.4 Å². The van der Waals surface area contributed by atoms with Gasteiger partial charge in [0.2, 0.25) is 23.8 Å². The van der Waals surface area contributed by atoms with E-state index in [4.69, 9.17) is 18.9 Å². The number of anilines is 16. The van der Waals surface area contributed by atoms with E-state index in [2.05, 4.69) is 118 Å². The highest BCUT2D eigenvalue weighted by molar-refractivity contribution is 5.84. The lowest BCUT2D eigenvalue weighted by Gasteiger charge is -2.27. The minimum absolute atomic E-state index is 0.124. The number of halogens is 16. The summed E-state index contributed by atoms with van der Waals surface area (Å²) < 4.78 is 234. The Kier molecular flexibility index (Phi) is 35.8. The molecule has 0 amide bonds. The molecule has 31 nitrogen and oxygen atoms in total. The van der Waals surface area contributed by atoms with Crippen molar-refractivity contribution in [1.29, 1.82) is 0 Å². The molecule has 8 N–H and O–H groups in total. The monoisotopic (exact) mass is 1970 g/mol. The number of rotatable bonds is 29. The van der Waals surface area contributed by atoms with Crippen molar-refractivity contribution >= 4 is 117 Å².